The van der Waals surface area contributed by atoms with Gasteiger partial charge in [0.1, 0.15) is 17.9 Å². The van der Waals surface area contributed by atoms with Crippen molar-refractivity contribution in [3.05, 3.63) is 94.5 Å². The number of nitrogens with one attached hydrogen (secondary N) is 2. The molecular formula is C24H21ClN2O5. The SMILES string of the molecule is CNC(=O)c1ccc(NC(=O)COC(=O)c2ccccc2OCc2ccc(Cl)cc2)cc1. The van der Waals surface area contributed by atoms with Crippen molar-refractivity contribution >= 4 is 35.1 Å². The Hall–Kier alpha value is -3.84. The van der Waals surface area contributed by atoms with Gasteiger partial charge in [-0.2, -0.15) is 0 Å². The van der Waals surface area contributed by atoms with E-state index in [0.717, 1.165) is 5.56 Å². The number of hydrogen-bond donors (Lipinski definition) is 2. The first kappa shape index (κ1) is 22.8. The fourth-order valence-electron chi connectivity index (χ4n) is 2.76. The molecule has 3 aromatic carbocycles. The molecule has 0 bridgehead atoms. The second-order valence-corrected chi connectivity index (χ2v) is 7.13. The number of carbonyl (C=O) groups excluding carboxylic acids is 3. The summed E-state index contributed by atoms with van der Waals surface area (Å²) in [5.41, 5.74) is 2.04. The van der Waals surface area contributed by atoms with E-state index in [1.807, 2.05) is 12.1 Å². The van der Waals surface area contributed by atoms with Gasteiger partial charge in [-0.1, -0.05) is 35.9 Å². The molecule has 0 radical (unpaired) electrons. The normalized spacial score (nSPS) is 10.2. The minimum absolute atomic E-state index is 0.212. The zero-order valence-corrected chi connectivity index (χ0v) is 18.0. The maximum Gasteiger partial charge on any atom is 0.342 e. The van der Waals surface area contributed by atoms with Crippen molar-refractivity contribution in [1.82, 2.24) is 5.32 Å². The number of hydrogen-bond acceptors (Lipinski definition) is 5. The van der Waals surface area contributed by atoms with Gasteiger partial charge in [0.2, 0.25) is 0 Å². The lowest BCUT2D eigenvalue weighted by molar-refractivity contribution is -0.119. The van der Waals surface area contributed by atoms with Crippen LogP contribution >= 0.6 is 11.6 Å². The summed E-state index contributed by atoms with van der Waals surface area (Å²) in [5.74, 6) is -1.07. The monoisotopic (exact) mass is 452 g/mol. The molecule has 2 amide bonds. The first-order valence-electron chi connectivity index (χ1n) is 9.71. The van der Waals surface area contributed by atoms with Crippen molar-refractivity contribution < 1.29 is 23.9 Å². The second kappa shape index (κ2) is 11.0. The standard InChI is InChI=1S/C24H21ClN2O5/c1-26-23(29)17-8-12-19(13-9-17)27-22(28)15-32-24(30)20-4-2-3-5-21(20)31-14-16-6-10-18(25)11-7-16/h2-13H,14-15H2,1H3,(H,26,29)(H,27,28). The summed E-state index contributed by atoms with van der Waals surface area (Å²) in [6.45, 7) is -0.227. The van der Waals surface area contributed by atoms with E-state index in [2.05, 4.69) is 10.6 Å². The maximum atomic E-state index is 12.5. The van der Waals surface area contributed by atoms with Crippen LogP contribution in [0.1, 0.15) is 26.3 Å². The van der Waals surface area contributed by atoms with Gasteiger partial charge in [-0.25, -0.2) is 4.79 Å². The number of rotatable bonds is 8. The van der Waals surface area contributed by atoms with Gasteiger partial charge in [-0.05, 0) is 54.1 Å². The number of anilines is 1. The van der Waals surface area contributed by atoms with Crippen LogP contribution in [-0.4, -0.2) is 31.4 Å². The highest BCUT2D eigenvalue weighted by Gasteiger charge is 2.16. The van der Waals surface area contributed by atoms with Crippen LogP contribution in [0.15, 0.2) is 72.8 Å². The Balaban J connectivity index is 1.54. The Morgan fingerprint density at radius 3 is 2.28 bits per heavy atom. The summed E-state index contributed by atoms with van der Waals surface area (Å²) in [7, 11) is 1.53. The molecule has 0 spiro atoms. The highest BCUT2D eigenvalue weighted by Crippen LogP contribution is 2.21. The highest BCUT2D eigenvalue weighted by molar-refractivity contribution is 6.30. The van der Waals surface area contributed by atoms with Crippen LogP contribution < -0.4 is 15.4 Å². The summed E-state index contributed by atoms with van der Waals surface area (Å²) in [4.78, 5) is 36.2. The van der Waals surface area contributed by atoms with Gasteiger partial charge in [-0.3, -0.25) is 9.59 Å². The van der Waals surface area contributed by atoms with Gasteiger partial charge in [0.05, 0.1) is 0 Å². The van der Waals surface area contributed by atoms with E-state index in [-0.39, 0.29) is 18.1 Å². The van der Waals surface area contributed by atoms with Crippen molar-refractivity contribution in [3.8, 4) is 5.75 Å². The molecule has 0 fully saturated rings. The van der Waals surface area contributed by atoms with E-state index in [1.54, 1.807) is 60.7 Å². The molecule has 3 aromatic rings. The number of ether oxygens (including phenoxy) is 2. The number of benzene rings is 3. The fraction of sp³-hybridized carbons (Fsp3) is 0.125. The Morgan fingerprint density at radius 1 is 0.906 bits per heavy atom. The Bertz CT molecular complexity index is 1100. The Labute approximate surface area is 190 Å². The number of halogens is 1. The zero-order chi connectivity index (χ0) is 22.9. The quantitative estimate of drug-likeness (QED) is 0.502. The number of carbonyl (C=O) groups is 3. The summed E-state index contributed by atoms with van der Waals surface area (Å²) < 4.78 is 10.9. The van der Waals surface area contributed by atoms with Gasteiger partial charge >= 0.3 is 5.97 Å². The van der Waals surface area contributed by atoms with Crippen LogP contribution in [0.5, 0.6) is 5.75 Å². The molecular weight excluding hydrogens is 432 g/mol. The molecule has 0 aliphatic carbocycles. The van der Waals surface area contributed by atoms with Gasteiger partial charge < -0.3 is 20.1 Å². The third kappa shape index (κ3) is 6.33. The van der Waals surface area contributed by atoms with E-state index >= 15 is 0 Å². The summed E-state index contributed by atoms with van der Waals surface area (Å²) >= 11 is 5.88. The molecule has 0 unspecified atom stereocenters. The van der Waals surface area contributed by atoms with Crippen LogP contribution in [0, 0.1) is 0 Å². The maximum absolute atomic E-state index is 12.5. The molecule has 7 nitrogen and oxygen atoms in total. The minimum atomic E-state index is -0.679. The number of esters is 1. The average Bonchev–Trinajstić information content (AvgIpc) is 2.82. The predicted molar refractivity (Wildman–Crippen MR) is 121 cm³/mol. The second-order valence-electron chi connectivity index (χ2n) is 6.69. The molecule has 32 heavy (non-hydrogen) atoms. The van der Waals surface area contributed by atoms with E-state index in [9.17, 15) is 14.4 Å². The van der Waals surface area contributed by atoms with Crippen LogP contribution in [0.2, 0.25) is 5.02 Å². The smallest absolute Gasteiger partial charge is 0.342 e. The average molecular weight is 453 g/mol. The van der Waals surface area contributed by atoms with Gasteiger partial charge in [0.15, 0.2) is 6.61 Å². The van der Waals surface area contributed by atoms with Crippen molar-refractivity contribution in [2.24, 2.45) is 0 Å². The van der Waals surface area contributed by atoms with E-state index in [1.165, 1.54) is 7.05 Å². The number of para-hydroxylation sites is 1. The van der Waals surface area contributed by atoms with Crippen LogP contribution in [0.4, 0.5) is 5.69 Å². The third-order valence-corrected chi connectivity index (χ3v) is 4.66. The molecule has 2 N–H and O–H groups in total. The molecule has 164 valence electrons. The lowest BCUT2D eigenvalue weighted by Gasteiger charge is -2.12. The molecule has 0 saturated heterocycles. The molecule has 0 saturated carbocycles. The summed E-state index contributed by atoms with van der Waals surface area (Å²) in [6.07, 6.45) is 0. The van der Waals surface area contributed by atoms with Crippen LogP contribution in [0.25, 0.3) is 0 Å². The van der Waals surface area contributed by atoms with Gasteiger partial charge in [-0.15, -0.1) is 0 Å². The molecule has 0 aliphatic heterocycles. The van der Waals surface area contributed by atoms with Crippen molar-refractivity contribution in [3.63, 3.8) is 0 Å². The molecule has 0 heterocycles. The first-order chi connectivity index (χ1) is 15.5. The van der Waals surface area contributed by atoms with Gasteiger partial charge in [0.25, 0.3) is 11.8 Å². The van der Waals surface area contributed by atoms with E-state index in [4.69, 9.17) is 21.1 Å². The Morgan fingerprint density at radius 2 is 1.59 bits per heavy atom. The Kier molecular flexibility index (Phi) is 7.83. The van der Waals surface area contributed by atoms with Crippen molar-refractivity contribution in [1.29, 1.82) is 0 Å². The third-order valence-electron chi connectivity index (χ3n) is 4.41. The molecule has 0 aliphatic rings. The molecule has 0 aromatic heterocycles. The zero-order valence-electron chi connectivity index (χ0n) is 17.3. The predicted octanol–water partition coefficient (Wildman–Crippen LogP) is 4.07. The molecule has 3 rings (SSSR count). The van der Waals surface area contributed by atoms with Crippen molar-refractivity contribution in [2.75, 3.05) is 19.0 Å². The van der Waals surface area contributed by atoms with Crippen LogP contribution in [0.3, 0.4) is 0 Å². The van der Waals surface area contributed by atoms with E-state index < -0.39 is 18.5 Å². The lowest BCUT2D eigenvalue weighted by Crippen LogP contribution is -2.21. The van der Waals surface area contributed by atoms with Crippen molar-refractivity contribution in [2.45, 2.75) is 6.61 Å². The summed E-state index contributed by atoms with van der Waals surface area (Å²) in [6, 6.07) is 20.1. The fourth-order valence-corrected chi connectivity index (χ4v) is 2.88. The first-order valence-corrected chi connectivity index (χ1v) is 10.1. The molecule has 8 heteroatoms. The minimum Gasteiger partial charge on any atom is -0.488 e. The topological polar surface area (TPSA) is 93.7 Å². The lowest BCUT2D eigenvalue weighted by atomic mass is 10.2. The molecule has 0 atom stereocenters. The van der Waals surface area contributed by atoms with E-state index in [0.29, 0.717) is 22.0 Å². The summed E-state index contributed by atoms with van der Waals surface area (Å²) in [5, 5.41) is 5.75. The van der Waals surface area contributed by atoms with Crippen LogP contribution in [-0.2, 0) is 16.1 Å². The number of amides is 2. The largest absolute Gasteiger partial charge is 0.488 e. The van der Waals surface area contributed by atoms with Gasteiger partial charge in [0, 0.05) is 23.3 Å². The highest BCUT2D eigenvalue weighted by atomic mass is 35.5.